The number of fused-ring (bicyclic) bond motifs is 1. The SMILES string of the molecule is O=C(O)c1ccc(NCc2cncs2)c2ccccc12. The third-order valence-corrected chi connectivity index (χ3v) is 3.87. The first-order valence-corrected chi connectivity index (χ1v) is 7.00. The molecular formula is C15H12N2O2S. The van der Waals surface area contributed by atoms with E-state index in [9.17, 15) is 9.90 Å². The van der Waals surface area contributed by atoms with Gasteiger partial charge in [0.2, 0.25) is 0 Å². The van der Waals surface area contributed by atoms with Crippen molar-refractivity contribution in [1.82, 2.24) is 4.98 Å². The maximum atomic E-state index is 11.2. The van der Waals surface area contributed by atoms with E-state index < -0.39 is 5.97 Å². The highest BCUT2D eigenvalue weighted by Crippen LogP contribution is 2.27. The minimum absolute atomic E-state index is 0.323. The van der Waals surface area contributed by atoms with Crippen LogP contribution in [0, 0.1) is 0 Å². The van der Waals surface area contributed by atoms with Crippen molar-refractivity contribution in [3.05, 3.63) is 58.5 Å². The van der Waals surface area contributed by atoms with Gasteiger partial charge in [-0.3, -0.25) is 4.98 Å². The number of hydrogen-bond acceptors (Lipinski definition) is 4. The van der Waals surface area contributed by atoms with Crippen molar-refractivity contribution in [2.45, 2.75) is 6.54 Å². The first kappa shape index (κ1) is 12.6. The number of nitrogens with zero attached hydrogens (tertiary/aromatic N) is 1. The first-order chi connectivity index (χ1) is 9.75. The number of benzene rings is 2. The summed E-state index contributed by atoms with van der Waals surface area (Å²) in [6.07, 6.45) is 1.82. The molecule has 3 rings (SSSR count). The lowest BCUT2D eigenvalue weighted by Gasteiger charge is -2.10. The van der Waals surface area contributed by atoms with Crippen LogP contribution in [0.1, 0.15) is 15.2 Å². The summed E-state index contributed by atoms with van der Waals surface area (Å²) >= 11 is 1.59. The van der Waals surface area contributed by atoms with E-state index in [1.807, 2.05) is 36.5 Å². The predicted octanol–water partition coefficient (Wildman–Crippen LogP) is 3.61. The first-order valence-electron chi connectivity index (χ1n) is 6.12. The zero-order valence-electron chi connectivity index (χ0n) is 10.5. The summed E-state index contributed by atoms with van der Waals surface area (Å²) in [6.45, 7) is 0.682. The Bertz CT molecular complexity index is 754. The fraction of sp³-hybridized carbons (Fsp3) is 0.0667. The second-order valence-corrected chi connectivity index (χ2v) is 5.30. The fourth-order valence-corrected chi connectivity index (χ4v) is 2.69. The van der Waals surface area contributed by atoms with Gasteiger partial charge in [0, 0.05) is 22.1 Å². The normalized spacial score (nSPS) is 10.6. The molecule has 0 aliphatic carbocycles. The van der Waals surface area contributed by atoms with Gasteiger partial charge in [0.15, 0.2) is 0 Å². The Morgan fingerprint density at radius 2 is 2.00 bits per heavy atom. The summed E-state index contributed by atoms with van der Waals surface area (Å²) in [4.78, 5) is 16.4. The van der Waals surface area contributed by atoms with Crippen LogP contribution in [0.3, 0.4) is 0 Å². The molecule has 0 fully saturated rings. The molecule has 5 heteroatoms. The number of nitrogens with one attached hydrogen (secondary N) is 1. The molecule has 0 unspecified atom stereocenters. The van der Waals surface area contributed by atoms with Gasteiger partial charge in [0.1, 0.15) is 0 Å². The van der Waals surface area contributed by atoms with Crippen LogP contribution in [-0.2, 0) is 6.54 Å². The second-order valence-electron chi connectivity index (χ2n) is 4.33. The molecule has 100 valence electrons. The molecule has 20 heavy (non-hydrogen) atoms. The van der Waals surface area contributed by atoms with Gasteiger partial charge in [0.05, 0.1) is 17.6 Å². The summed E-state index contributed by atoms with van der Waals surface area (Å²) in [5.74, 6) is -0.907. The summed E-state index contributed by atoms with van der Waals surface area (Å²) in [7, 11) is 0. The summed E-state index contributed by atoms with van der Waals surface area (Å²) in [6, 6.07) is 11.0. The molecule has 0 radical (unpaired) electrons. The van der Waals surface area contributed by atoms with E-state index in [2.05, 4.69) is 10.3 Å². The Balaban J connectivity index is 1.99. The predicted molar refractivity (Wildman–Crippen MR) is 80.3 cm³/mol. The highest BCUT2D eigenvalue weighted by Gasteiger charge is 2.10. The number of thiazole rings is 1. The number of aromatic carboxylic acids is 1. The van der Waals surface area contributed by atoms with Gasteiger partial charge in [-0.25, -0.2) is 4.79 Å². The van der Waals surface area contributed by atoms with E-state index in [0.717, 1.165) is 21.3 Å². The van der Waals surface area contributed by atoms with E-state index in [0.29, 0.717) is 12.1 Å². The van der Waals surface area contributed by atoms with Gasteiger partial charge in [0.25, 0.3) is 0 Å². The van der Waals surface area contributed by atoms with Crippen molar-refractivity contribution in [2.75, 3.05) is 5.32 Å². The lowest BCUT2D eigenvalue weighted by atomic mass is 10.0. The molecule has 2 aromatic carbocycles. The van der Waals surface area contributed by atoms with Crippen LogP contribution in [0.2, 0.25) is 0 Å². The molecule has 0 atom stereocenters. The second kappa shape index (κ2) is 5.30. The maximum absolute atomic E-state index is 11.2. The molecule has 4 nitrogen and oxygen atoms in total. The minimum atomic E-state index is -0.907. The van der Waals surface area contributed by atoms with Crippen LogP contribution in [0.5, 0.6) is 0 Å². The molecule has 3 aromatic rings. The highest BCUT2D eigenvalue weighted by molar-refractivity contribution is 7.09. The van der Waals surface area contributed by atoms with E-state index in [1.54, 1.807) is 22.9 Å². The zero-order chi connectivity index (χ0) is 13.9. The number of carboxylic acid groups (broad SMARTS) is 1. The lowest BCUT2D eigenvalue weighted by molar-refractivity contribution is 0.0699. The van der Waals surface area contributed by atoms with Crippen molar-refractivity contribution in [2.24, 2.45) is 0 Å². The van der Waals surface area contributed by atoms with E-state index in [4.69, 9.17) is 0 Å². The Morgan fingerprint density at radius 1 is 1.20 bits per heavy atom. The Labute approximate surface area is 119 Å². The van der Waals surface area contributed by atoms with Gasteiger partial charge in [-0.1, -0.05) is 24.3 Å². The summed E-state index contributed by atoms with van der Waals surface area (Å²) < 4.78 is 0. The van der Waals surface area contributed by atoms with Gasteiger partial charge < -0.3 is 10.4 Å². The Morgan fingerprint density at radius 3 is 2.70 bits per heavy atom. The third kappa shape index (κ3) is 2.35. The molecule has 1 aromatic heterocycles. The van der Waals surface area contributed by atoms with Crippen molar-refractivity contribution in [1.29, 1.82) is 0 Å². The average Bonchev–Trinajstić information content (AvgIpc) is 2.97. The fourth-order valence-electron chi connectivity index (χ4n) is 2.15. The lowest BCUT2D eigenvalue weighted by Crippen LogP contribution is -2.02. The number of carboxylic acids is 1. The van der Waals surface area contributed by atoms with Gasteiger partial charge >= 0.3 is 5.97 Å². The molecule has 1 heterocycles. The van der Waals surface area contributed by atoms with Crippen LogP contribution < -0.4 is 5.32 Å². The smallest absolute Gasteiger partial charge is 0.336 e. The number of rotatable bonds is 4. The summed E-state index contributed by atoms with van der Waals surface area (Å²) in [5, 5.41) is 14.2. The van der Waals surface area contributed by atoms with Crippen LogP contribution >= 0.6 is 11.3 Å². The standard InChI is InChI=1S/C15H12N2O2S/c18-15(19)13-5-6-14(12-4-2-1-3-11(12)13)17-8-10-7-16-9-20-10/h1-7,9,17H,8H2,(H,18,19). The molecule has 0 saturated carbocycles. The number of hydrogen-bond donors (Lipinski definition) is 2. The minimum Gasteiger partial charge on any atom is -0.478 e. The molecule has 0 aliphatic rings. The zero-order valence-corrected chi connectivity index (χ0v) is 11.4. The molecule has 0 amide bonds. The molecule has 0 spiro atoms. The van der Waals surface area contributed by atoms with Crippen LogP contribution in [-0.4, -0.2) is 16.1 Å². The number of carbonyl (C=O) groups is 1. The van der Waals surface area contributed by atoms with E-state index in [1.165, 1.54) is 0 Å². The van der Waals surface area contributed by atoms with Crippen molar-refractivity contribution < 1.29 is 9.90 Å². The monoisotopic (exact) mass is 284 g/mol. The van der Waals surface area contributed by atoms with E-state index in [-0.39, 0.29) is 0 Å². The number of anilines is 1. The van der Waals surface area contributed by atoms with Crippen LogP contribution in [0.25, 0.3) is 10.8 Å². The molecule has 0 aliphatic heterocycles. The largest absolute Gasteiger partial charge is 0.478 e. The van der Waals surface area contributed by atoms with Crippen molar-refractivity contribution in [3.63, 3.8) is 0 Å². The van der Waals surface area contributed by atoms with Crippen LogP contribution in [0.4, 0.5) is 5.69 Å². The summed E-state index contributed by atoms with van der Waals surface area (Å²) in [5.41, 5.74) is 3.05. The van der Waals surface area contributed by atoms with Crippen molar-refractivity contribution in [3.8, 4) is 0 Å². The average molecular weight is 284 g/mol. The molecule has 0 bridgehead atoms. The molecular weight excluding hydrogens is 272 g/mol. The van der Waals surface area contributed by atoms with Crippen LogP contribution in [0.15, 0.2) is 48.1 Å². The topological polar surface area (TPSA) is 62.2 Å². The third-order valence-electron chi connectivity index (χ3n) is 3.09. The maximum Gasteiger partial charge on any atom is 0.336 e. The van der Waals surface area contributed by atoms with Gasteiger partial charge in [-0.2, -0.15) is 0 Å². The Kier molecular flexibility index (Phi) is 3.35. The molecule has 2 N–H and O–H groups in total. The van der Waals surface area contributed by atoms with Gasteiger partial charge in [-0.05, 0) is 17.5 Å². The molecule has 0 saturated heterocycles. The Hall–Kier alpha value is -2.40. The van der Waals surface area contributed by atoms with Gasteiger partial charge in [-0.15, -0.1) is 11.3 Å². The van der Waals surface area contributed by atoms with Crippen molar-refractivity contribution >= 4 is 33.8 Å². The highest BCUT2D eigenvalue weighted by atomic mass is 32.1. The van der Waals surface area contributed by atoms with E-state index >= 15 is 0 Å². The number of aromatic nitrogens is 1. The quantitative estimate of drug-likeness (QED) is 0.768.